The Balaban J connectivity index is 1.85. The molecule has 0 spiro atoms. The molecule has 1 aromatic heterocycles. The molecule has 166 valence electrons. The summed E-state index contributed by atoms with van der Waals surface area (Å²) in [4.78, 5) is 11.4. The van der Waals surface area contributed by atoms with Crippen molar-refractivity contribution < 1.29 is 26.4 Å². The van der Waals surface area contributed by atoms with Gasteiger partial charge in [-0.15, -0.1) is 0 Å². The lowest BCUT2D eigenvalue weighted by Crippen LogP contribution is -2.22. The Morgan fingerprint density at radius 1 is 1.26 bits per heavy atom. The van der Waals surface area contributed by atoms with Gasteiger partial charge in [0.1, 0.15) is 5.56 Å². The van der Waals surface area contributed by atoms with Gasteiger partial charge in [-0.25, -0.2) is 8.42 Å². The number of carbonyl (C=O) groups is 1. The molecule has 0 bridgehead atoms. The third-order valence-corrected chi connectivity index (χ3v) is 6.76. The SMILES string of the molecule is N#C[C@H]1CCCC[C@@H]1n1cc(C(N)=O)c(Nc2ccc(S(=O)(=O)CC(F)(F)F)cc2)n1. The second-order valence-corrected chi connectivity index (χ2v) is 9.34. The number of nitrogens with two attached hydrogens (primary N) is 1. The van der Waals surface area contributed by atoms with Crippen LogP contribution in [0, 0.1) is 17.2 Å². The van der Waals surface area contributed by atoms with E-state index in [0.717, 1.165) is 37.8 Å². The van der Waals surface area contributed by atoms with Crippen molar-refractivity contribution in [2.24, 2.45) is 11.7 Å². The van der Waals surface area contributed by atoms with Crippen LogP contribution in [0.4, 0.5) is 24.7 Å². The van der Waals surface area contributed by atoms with Crippen molar-refractivity contribution >= 4 is 27.2 Å². The molecule has 1 amide bonds. The number of hydrogen-bond acceptors (Lipinski definition) is 6. The molecule has 12 heteroatoms. The van der Waals surface area contributed by atoms with Crippen molar-refractivity contribution in [1.82, 2.24) is 9.78 Å². The second-order valence-electron chi connectivity index (χ2n) is 7.35. The topological polar surface area (TPSA) is 131 Å². The number of nitrogens with one attached hydrogen (secondary N) is 1. The summed E-state index contributed by atoms with van der Waals surface area (Å²) in [6, 6.07) is 6.67. The van der Waals surface area contributed by atoms with Gasteiger partial charge in [-0.05, 0) is 37.1 Å². The molecule has 31 heavy (non-hydrogen) atoms. The molecule has 1 fully saturated rings. The Labute approximate surface area is 176 Å². The largest absolute Gasteiger partial charge is 0.403 e. The maximum Gasteiger partial charge on any atom is 0.403 e. The number of rotatable bonds is 6. The van der Waals surface area contributed by atoms with Crippen LogP contribution in [0.5, 0.6) is 0 Å². The van der Waals surface area contributed by atoms with Crippen LogP contribution in [-0.4, -0.2) is 36.0 Å². The zero-order valence-corrected chi connectivity index (χ0v) is 17.1. The maximum absolute atomic E-state index is 12.5. The van der Waals surface area contributed by atoms with Gasteiger partial charge in [-0.2, -0.15) is 23.5 Å². The summed E-state index contributed by atoms with van der Waals surface area (Å²) in [6.45, 7) is 0. The summed E-state index contributed by atoms with van der Waals surface area (Å²) in [5.41, 5.74) is 5.82. The van der Waals surface area contributed by atoms with Crippen LogP contribution in [0.15, 0.2) is 35.4 Å². The molecule has 2 aromatic rings. The molecular formula is C19H20F3N5O3S. The second kappa shape index (κ2) is 8.58. The molecule has 1 saturated carbocycles. The summed E-state index contributed by atoms with van der Waals surface area (Å²) in [6.07, 6.45) is -0.0714. The van der Waals surface area contributed by atoms with Crippen LogP contribution in [0.3, 0.4) is 0 Å². The third kappa shape index (κ3) is 5.35. The highest BCUT2D eigenvalue weighted by Crippen LogP contribution is 2.34. The first kappa shape index (κ1) is 22.6. The number of carbonyl (C=O) groups excluding carboxylic acids is 1. The highest BCUT2D eigenvalue weighted by Gasteiger charge is 2.36. The highest BCUT2D eigenvalue weighted by atomic mass is 32.2. The molecule has 1 aromatic carbocycles. The minimum absolute atomic E-state index is 0.0797. The van der Waals surface area contributed by atoms with E-state index in [0.29, 0.717) is 5.69 Å². The van der Waals surface area contributed by atoms with Crippen LogP contribution < -0.4 is 11.1 Å². The fourth-order valence-electron chi connectivity index (χ4n) is 3.59. The van der Waals surface area contributed by atoms with Gasteiger partial charge in [0.2, 0.25) is 0 Å². The van der Waals surface area contributed by atoms with Gasteiger partial charge in [0.15, 0.2) is 21.4 Å². The number of aromatic nitrogens is 2. The smallest absolute Gasteiger partial charge is 0.365 e. The summed E-state index contributed by atoms with van der Waals surface area (Å²) >= 11 is 0. The lowest BCUT2D eigenvalue weighted by atomic mass is 9.85. The maximum atomic E-state index is 12.5. The van der Waals surface area contributed by atoms with E-state index in [-0.39, 0.29) is 23.3 Å². The Morgan fingerprint density at radius 2 is 1.90 bits per heavy atom. The van der Waals surface area contributed by atoms with Gasteiger partial charge >= 0.3 is 6.18 Å². The molecule has 0 unspecified atom stereocenters. The van der Waals surface area contributed by atoms with Crippen molar-refractivity contribution in [3.8, 4) is 6.07 Å². The number of alkyl halides is 3. The highest BCUT2D eigenvalue weighted by molar-refractivity contribution is 7.91. The lowest BCUT2D eigenvalue weighted by molar-refractivity contribution is -0.106. The quantitative estimate of drug-likeness (QED) is 0.687. The van der Waals surface area contributed by atoms with Gasteiger partial charge < -0.3 is 11.1 Å². The number of anilines is 2. The minimum atomic E-state index is -4.85. The molecule has 0 saturated heterocycles. The van der Waals surface area contributed by atoms with Crippen molar-refractivity contribution in [2.45, 2.75) is 42.8 Å². The number of amides is 1. The van der Waals surface area contributed by atoms with E-state index >= 15 is 0 Å². The summed E-state index contributed by atoms with van der Waals surface area (Å²) in [5, 5.41) is 16.6. The average Bonchev–Trinajstić information content (AvgIpc) is 3.10. The number of benzene rings is 1. The van der Waals surface area contributed by atoms with Crippen LogP contribution >= 0.6 is 0 Å². The first-order valence-corrected chi connectivity index (χ1v) is 11.1. The summed E-state index contributed by atoms with van der Waals surface area (Å²) in [5.74, 6) is -2.84. The van der Waals surface area contributed by atoms with E-state index in [2.05, 4.69) is 16.5 Å². The Bertz CT molecular complexity index is 1100. The van der Waals surface area contributed by atoms with Gasteiger partial charge in [-0.1, -0.05) is 12.8 Å². The Kier molecular flexibility index (Phi) is 6.26. The molecule has 3 N–H and O–H groups in total. The van der Waals surface area contributed by atoms with Gasteiger partial charge in [-0.3, -0.25) is 9.48 Å². The Morgan fingerprint density at radius 3 is 2.48 bits per heavy atom. The number of sulfone groups is 1. The molecule has 0 radical (unpaired) electrons. The number of primary amides is 1. The van der Waals surface area contributed by atoms with Crippen LogP contribution in [0.1, 0.15) is 42.1 Å². The standard InChI is InChI=1S/C19H20F3N5O3S/c20-19(21,22)11-31(29,30)14-7-5-13(6-8-14)25-18-15(17(24)28)10-27(26-18)16-4-2-1-3-12(16)9-23/h5-8,10,12,16H,1-4,11H2,(H2,24,28)(H,25,26)/t12-,16+/m1/s1. The molecule has 0 aliphatic heterocycles. The summed E-state index contributed by atoms with van der Waals surface area (Å²) in [7, 11) is -4.53. The number of hydrogen-bond donors (Lipinski definition) is 2. The average molecular weight is 455 g/mol. The van der Waals surface area contributed by atoms with E-state index < -0.39 is 32.6 Å². The number of nitriles is 1. The van der Waals surface area contributed by atoms with Crippen molar-refractivity contribution in [3.05, 3.63) is 36.0 Å². The van der Waals surface area contributed by atoms with Crippen LogP contribution in [0.2, 0.25) is 0 Å². The van der Waals surface area contributed by atoms with Crippen molar-refractivity contribution in [3.63, 3.8) is 0 Å². The predicted molar refractivity (Wildman–Crippen MR) is 105 cm³/mol. The zero-order chi connectivity index (χ0) is 22.8. The fourth-order valence-corrected chi connectivity index (χ4v) is 4.74. The van der Waals surface area contributed by atoms with E-state index in [1.807, 2.05) is 0 Å². The molecule has 1 aliphatic carbocycles. The van der Waals surface area contributed by atoms with Gasteiger partial charge in [0, 0.05) is 11.9 Å². The van der Waals surface area contributed by atoms with Gasteiger partial charge in [0.05, 0.1) is 22.9 Å². The van der Waals surface area contributed by atoms with Gasteiger partial charge in [0.25, 0.3) is 5.91 Å². The predicted octanol–water partition coefficient (Wildman–Crippen LogP) is 3.32. The first-order chi connectivity index (χ1) is 14.5. The zero-order valence-electron chi connectivity index (χ0n) is 16.3. The van der Waals surface area contributed by atoms with Crippen molar-refractivity contribution in [1.29, 1.82) is 5.26 Å². The fraction of sp³-hybridized carbons (Fsp3) is 0.421. The van der Waals surface area contributed by atoms with E-state index in [1.54, 1.807) is 0 Å². The molecule has 1 heterocycles. The monoisotopic (exact) mass is 455 g/mol. The van der Waals surface area contributed by atoms with Crippen molar-refractivity contribution in [2.75, 3.05) is 11.1 Å². The normalized spacial score (nSPS) is 19.5. The van der Waals surface area contributed by atoms with E-state index in [9.17, 15) is 31.6 Å². The third-order valence-electron chi connectivity index (χ3n) is 5.06. The van der Waals surface area contributed by atoms with E-state index in [4.69, 9.17) is 5.73 Å². The number of nitrogens with zero attached hydrogens (tertiary/aromatic N) is 3. The molecule has 3 rings (SSSR count). The summed E-state index contributed by atoms with van der Waals surface area (Å²) < 4.78 is 62.6. The molecule has 8 nitrogen and oxygen atoms in total. The Hall–Kier alpha value is -3.07. The lowest BCUT2D eigenvalue weighted by Gasteiger charge is -2.26. The number of halogens is 3. The van der Waals surface area contributed by atoms with E-state index in [1.165, 1.54) is 23.0 Å². The first-order valence-electron chi connectivity index (χ1n) is 9.45. The van der Waals surface area contributed by atoms with Crippen LogP contribution in [-0.2, 0) is 9.84 Å². The molecule has 1 aliphatic rings. The molecular weight excluding hydrogens is 435 g/mol. The molecule has 2 atom stereocenters. The van der Waals surface area contributed by atoms with Crippen LogP contribution in [0.25, 0.3) is 0 Å². The minimum Gasteiger partial charge on any atom is -0.365 e.